The van der Waals surface area contributed by atoms with Crippen LogP contribution in [0.3, 0.4) is 0 Å². The standard InChI is InChI=1S/C6H9FN2O3S2/c1-9(2)6-8-4(12-3)5(13-6)14(7,10)11/h1-3H3. The highest BCUT2D eigenvalue weighted by molar-refractivity contribution is 7.88. The zero-order valence-corrected chi connectivity index (χ0v) is 9.45. The van der Waals surface area contributed by atoms with Gasteiger partial charge in [0.15, 0.2) is 5.13 Å². The quantitative estimate of drug-likeness (QED) is 0.734. The molecule has 1 heterocycles. The Labute approximate surface area is 85.3 Å². The number of anilines is 1. The van der Waals surface area contributed by atoms with Crippen LogP contribution < -0.4 is 9.64 Å². The fraction of sp³-hybridized carbons (Fsp3) is 0.500. The molecule has 80 valence electrons. The second-order valence-corrected chi connectivity index (χ2v) is 5.15. The van der Waals surface area contributed by atoms with Crippen molar-refractivity contribution in [2.24, 2.45) is 0 Å². The monoisotopic (exact) mass is 240 g/mol. The summed E-state index contributed by atoms with van der Waals surface area (Å²) in [5.74, 6) is -0.207. The van der Waals surface area contributed by atoms with Crippen molar-refractivity contribution >= 4 is 26.7 Å². The molecule has 1 aromatic heterocycles. The highest BCUT2D eigenvalue weighted by atomic mass is 32.3. The molecule has 14 heavy (non-hydrogen) atoms. The molecule has 8 heteroatoms. The molecule has 0 aliphatic heterocycles. The lowest BCUT2D eigenvalue weighted by atomic mass is 10.8. The second-order valence-electron chi connectivity index (χ2n) is 2.63. The van der Waals surface area contributed by atoms with Crippen molar-refractivity contribution in [1.82, 2.24) is 4.98 Å². The lowest BCUT2D eigenvalue weighted by Crippen LogP contribution is -2.07. The fourth-order valence-electron chi connectivity index (χ4n) is 0.756. The summed E-state index contributed by atoms with van der Waals surface area (Å²) in [7, 11) is -0.168. The number of ether oxygens (including phenoxy) is 1. The van der Waals surface area contributed by atoms with Crippen molar-refractivity contribution < 1.29 is 17.0 Å². The molecule has 0 atom stereocenters. The third-order valence-electron chi connectivity index (χ3n) is 1.35. The number of hydrogen-bond donors (Lipinski definition) is 0. The Bertz CT molecular complexity index is 426. The Kier molecular flexibility index (Phi) is 2.95. The van der Waals surface area contributed by atoms with Crippen molar-refractivity contribution in [3.63, 3.8) is 0 Å². The van der Waals surface area contributed by atoms with Crippen LogP contribution in [0.25, 0.3) is 0 Å². The Morgan fingerprint density at radius 3 is 2.36 bits per heavy atom. The van der Waals surface area contributed by atoms with Gasteiger partial charge in [0, 0.05) is 14.1 Å². The molecule has 0 radical (unpaired) electrons. The predicted molar refractivity (Wildman–Crippen MR) is 51.3 cm³/mol. The maximum Gasteiger partial charge on any atom is 0.347 e. The van der Waals surface area contributed by atoms with Crippen molar-refractivity contribution in [2.45, 2.75) is 4.21 Å². The van der Waals surface area contributed by atoms with Gasteiger partial charge in [0.2, 0.25) is 10.1 Å². The lowest BCUT2D eigenvalue weighted by molar-refractivity contribution is 0.389. The van der Waals surface area contributed by atoms with E-state index >= 15 is 0 Å². The van der Waals surface area contributed by atoms with Crippen molar-refractivity contribution in [3.05, 3.63) is 0 Å². The van der Waals surface area contributed by atoms with E-state index in [0.717, 1.165) is 11.3 Å². The lowest BCUT2D eigenvalue weighted by Gasteiger charge is -2.04. The first-order valence-electron chi connectivity index (χ1n) is 3.53. The molecule has 0 unspecified atom stereocenters. The highest BCUT2D eigenvalue weighted by Crippen LogP contribution is 2.35. The van der Waals surface area contributed by atoms with Crippen LogP contribution in [0.15, 0.2) is 4.21 Å². The number of nitrogens with zero attached hydrogens (tertiary/aromatic N) is 2. The smallest absolute Gasteiger partial charge is 0.347 e. The molecule has 0 amide bonds. The van der Waals surface area contributed by atoms with Gasteiger partial charge in [-0.15, -0.1) is 0 Å². The SMILES string of the molecule is COc1nc(N(C)C)sc1S(=O)(=O)F. The summed E-state index contributed by atoms with van der Waals surface area (Å²) >= 11 is 0.726. The molecular weight excluding hydrogens is 231 g/mol. The summed E-state index contributed by atoms with van der Waals surface area (Å²) in [6.45, 7) is 0. The van der Waals surface area contributed by atoms with Gasteiger partial charge in [0.1, 0.15) is 0 Å². The maximum atomic E-state index is 12.7. The van der Waals surface area contributed by atoms with Crippen LogP contribution in [0.1, 0.15) is 0 Å². The van der Waals surface area contributed by atoms with Crippen molar-refractivity contribution in [1.29, 1.82) is 0 Å². The normalized spacial score (nSPS) is 11.4. The van der Waals surface area contributed by atoms with Crippen molar-refractivity contribution in [2.75, 3.05) is 26.1 Å². The number of halogens is 1. The van der Waals surface area contributed by atoms with E-state index in [2.05, 4.69) is 9.72 Å². The van der Waals surface area contributed by atoms with E-state index in [4.69, 9.17) is 0 Å². The average molecular weight is 240 g/mol. The summed E-state index contributed by atoms with van der Waals surface area (Å²) in [5.41, 5.74) is 0. The maximum absolute atomic E-state index is 12.7. The number of thiazole rings is 1. The van der Waals surface area contributed by atoms with E-state index in [1.165, 1.54) is 7.11 Å². The molecule has 1 aromatic rings. The Morgan fingerprint density at radius 1 is 1.50 bits per heavy atom. The number of hydrogen-bond acceptors (Lipinski definition) is 6. The molecule has 0 fully saturated rings. The van der Waals surface area contributed by atoms with Crippen LogP contribution in [-0.2, 0) is 10.2 Å². The van der Waals surface area contributed by atoms with Gasteiger partial charge < -0.3 is 9.64 Å². The minimum absolute atomic E-state index is 0.207. The van der Waals surface area contributed by atoms with Crippen LogP contribution in [0.4, 0.5) is 9.02 Å². The van der Waals surface area contributed by atoms with E-state index in [0.29, 0.717) is 5.13 Å². The Balaban J connectivity index is 3.30. The second kappa shape index (κ2) is 3.70. The summed E-state index contributed by atoms with van der Waals surface area (Å²) in [6.07, 6.45) is 0. The number of aromatic nitrogens is 1. The van der Waals surface area contributed by atoms with Gasteiger partial charge in [0.05, 0.1) is 7.11 Å². The fourth-order valence-corrected chi connectivity index (χ4v) is 2.41. The molecule has 0 aliphatic carbocycles. The first-order valence-corrected chi connectivity index (χ1v) is 5.73. The molecule has 0 bridgehead atoms. The van der Waals surface area contributed by atoms with Gasteiger partial charge >= 0.3 is 10.2 Å². The van der Waals surface area contributed by atoms with Crippen LogP contribution in [0.5, 0.6) is 5.88 Å². The van der Waals surface area contributed by atoms with E-state index < -0.39 is 14.4 Å². The minimum atomic E-state index is -4.75. The average Bonchev–Trinajstić information content (AvgIpc) is 2.46. The molecule has 0 saturated carbocycles. The van der Waals surface area contributed by atoms with Crippen LogP contribution >= 0.6 is 11.3 Å². The largest absolute Gasteiger partial charge is 0.479 e. The summed E-state index contributed by atoms with van der Waals surface area (Å²) < 4.78 is 38.2. The molecule has 0 aromatic carbocycles. The van der Waals surface area contributed by atoms with E-state index in [9.17, 15) is 12.3 Å². The van der Waals surface area contributed by atoms with Gasteiger partial charge in [-0.25, -0.2) is 0 Å². The Morgan fingerprint density at radius 2 is 2.07 bits per heavy atom. The molecule has 0 N–H and O–H groups in total. The van der Waals surface area contributed by atoms with Gasteiger partial charge in [-0.2, -0.15) is 13.4 Å². The minimum Gasteiger partial charge on any atom is -0.479 e. The first-order chi connectivity index (χ1) is 6.36. The van der Waals surface area contributed by atoms with Crippen LogP contribution in [0.2, 0.25) is 0 Å². The van der Waals surface area contributed by atoms with Gasteiger partial charge in [-0.3, -0.25) is 0 Å². The van der Waals surface area contributed by atoms with E-state index in [1.54, 1.807) is 19.0 Å². The third-order valence-corrected chi connectivity index (χ3v) is 3.82. The molecule has 0 aliphatic rings. The molecule has 0 spiro atoms. The first kappa shape index (κ1) is 11.2. The Hall–Kier alpha value is -0.890. The van der Waals surface area contributed by atoms with Gasteiger partial charge in [-0.1, -0.05) is 15.2 Å². The zero-order chi connectivity index (χ0) is 10.9. The van der Waals surface area contributed by atoms with Crippen molar-refractivity contribution in [3.8, 4) is 5.88 Å². The molecular formula is C6H9FN2O3S2. The molecule has 1 rings (SSSR count). The van der Waals surface area contributed by atoms with E-state index in [1.807, 2.05) is 0 Å². The van der Waals surface area contributed by atoms with Crippen LogP contribution in [-0.4, -0.2) is 34.6 Å². The molecule has 5 nitrogen and oxygen atoms in total. The van der Waals surface area contributed by atoms with Gasteiger partial charge in [0.25, 0.3) is 0 Å². The topological polar surface area (TPSA) is 59.5 Å². The number of methoxy groups -OCH3 is 1. The molecule has 0 saturated heterocycles. The third kappa shape index (κ3) is 2.13. The summed E-state index contributed by atoms with van der Waals surface area (Å²) in [6, 6.07) is 0. The van der Waals surface area contributed by atoms with E-state index in [-0.39, 0.29) is 5.88 Å². The van der Waals surface area contributed by atoms with Gasteiger partial charge in [-0.05, 0) is 0 Å². The zero-order valence-electron chi connectivity index (χ0n) is 7.81. The number of rotatable bonds is 3. The summed E-state index contributed by atoms with van der Waals surface area (Å²) in [5, 5.41) is 0.373. The predicted octanol–water partition coefficient (Wildman–Crippen LogP) is 0.876. The highest BCUT2D eigenvalue weighted by Gasteiger charge is 2.25. The summed E-state index contributed by atoms with van der Waals surface area (Å²) in [4.78, 5) is 5.37. The van der Waals surface area contributed by atoms with Crippen LogP contribution in [0, 0.1) is 0 Å².